The molecule has 1 N–H and O–H groups in total. The lowest BCUT2D eigenvalue weighted by atomic mass is 9.90. The van der Waals surface area contributed by atoms with Gasteiger partial charge in [0.05, 0.1) is 7.11 Å². The van der Waals surface area contributed by atoms with Gasteiger partial charge in [-0.3, -0.25) is 0 Å². The van der Waals surface area contributed by atoms with Gasteiger partial charge in [-0.15, -0.1) is 0 Å². The molecule has 37 heavy (non-hydrogen) atoms. The Bertz CT molecular complexity index is 1250. The first-order valence-corrected chi connectivity index (χ1v) is 11.7. The average molecular weight is 508 g/mol. The van der Waals surface area contributed by atoms with E-state index in [0.29, 0.717) is 5.56 Å². The fourth-order valence-corrected chi connectivity index (χ4v) is 4.18. The molecule has 0 fully saturated rings. The number of esters is 2. The van der Waals surface area contributed by atoms with Gasteiger partial charge in [0.1, 0.15) is 17.8 Å². The van der Waals surface area contributed by atoms with Gasteiger partial charge >= 0.3 is 18.0 Å². The first-order valence-electron chi connectivity index (χ1n) is 11.7. The van der Waals surface area contributed by atoms with Gasteiger partial charge in [-0.05, 0) is 45.4 Å². The van der Waals surface area contributed by atoms with E-state index in [9.17, 15) is 14.4 Å². The number of hydrogen-bond donors (Lipinski definition) is 1. The summed E-state index contributed by atoms with van der Waals surface area (Å²) >= 11 is 0. The molecule has 4 rings (SSSR count). The van der Waals surface area contributed by atoms with Crippen molar-refractivity contribution in [3.8, 4) is 0 Å². The number of ether oxygens (including phenoxy) is 4. The van der Waals surface area contributed by atoms with E-state index in [1.54, 1.807) is 52.0 Å². The zero-order valence-corrected chi connectivity index (χ0v) is 21.3. The van der Waals surface area contributed by atoms with Crippen LogP contribution in [0.5, 0.6) is 0 Å². The van der Waals surface area contributed by atoms with Crippen LogP contribution in [0.3, 0.4) is 0 Å². The highest BCUT2D eigenvalue weighted by atomic mass is 16.6. The molecule has 0 saturated carbocycles. The molecule has 0 bridgehead atoms. The highest BCUT2D eigenvalue weighted by Crippen LogP contribution is 2.46. The van der Waals surface area contributed by atoms with E-state index >= 15 is 0 Å². The van der Waals surface area contributed by atoms with E-state index < -0.39 is 35.4 Å². The van der Waals surface area contributed by atoms with Crippen molar-refractivity contribution >= 4 is 23.9 Å². The SMILES string of the molecule is COC(=O)C12N=C(c3ccccc3)OC1N(NC(=O)OC(C)(C)C)C(C)=C2C(=O)OCc1ccccc1. The van der Waals surface area contributed by atoms with Crippen LogP contribution in [-0.2, 0) is 35.1 Å². The molecule has 1 amide bonds. The minimum Gasteiger partial charge on any atom is -0.467 e. The second-order valence-corrected chi connectivity index (χ2v) is 9.52. The minimum absolute atomic E-state index is 0.0337. The van der Waals surface area contributed by atoms with Crippen LogP contribution in [0.25, 0.3) is 0 Å². The molecule has 0 radical (unpaired) electrons. The fraction of sp³-hybridized carbons (Fsp3) is 0.333. The number of benzene rings is 2. The monoisotopic (exact) mass is 507 g/mol. The van der Waals surface area contributed by atoms with Gasteiger partial charge in [-0.25, -0.2) is 29.8 Å². The summed E-state index contributed by atoms with van der Waals surface area (Å²) in [6.07, 6.45) is -2.07. The number of carbonyl (C=O) groups excluding carboxylic acids is 3. The fourth-order valence-electron chi connectivity index (χ4n) is 4.18. The van der Waals surface area contributed by atoms with Gasteiger partial charge in [0.2, 0.25) is 12.1 Å². The van der Waals surface area contributed by atoms with Crippen LogP contribution in [0, 0.1) is 0 Å². The third-order valence-electron chi connectivity index (χ3n) is 5.74. The van der Waals surface area contributed by atoms with E-state index in [1.165, 1.54) is 12.1 Å². The summed E-state index contributed by atoms with van der Waals surface area (Å²) in [5, 5.41) is 1.25. The maximum atomic E-state index is 13.5. The molecule has 194 valence electrons. The number of fused-ring (bicyclic) bond motifs is 1. The first kappa shape index (κ1) is 25.7. The Hall–Kier alpha value is -4.34. The van der Waals surface area contributed by atoms with Crippen molar-refractivity contribution in [1.82, 2.24) is 10.4 Å². The quantitative estimate of drug-likeness (QED) is 0.467. The number of rotatable bonds is 6. The molecule has 2 aliphatic rings. The van der Waals surface area contributed by atoms with Gasteiger partial charge < -0.3 is 18.9 Å². The molecule has 10 heteroatoms. The number of methoxy groups -OCH3 is 1. The Morgan fingerprint density at radius 3 is 2.27 bits per heavy atom. The minimum atomic E-state index is -1.95. The normalized spacial score (nSPS) is 20.5. The van der Waals surface area contributed by atoms with Crippen molar-refractivity contribution in [1.29, 1.82) is 0 Å². The molecule has 0 spiro atoms. The molecule has 2 aromatic carbocycles. The van der Waals surface area contributed by atoms with Gasteiger partial charge in [-0.2, -0.15) is 0 Å². The summed E-state index contributed by atoms with van der Waals surface area (Å²) in [4.78, 5) is 44.2. The Balaban J connectivity index is 1.77. The zero-order chi connectivity index (χ0) is 26.8. The van der Waals surface area contributed by atoms with Gasteiger partial charge in [-0.1, -0.05) is 48.5 Å². The topological polar surface area (TPSA) is 116 Å². The molecular weight excluding hydrogens is 478 g/mol. The maximum Gasteiger partial charge on any atom is 0.426 e. The third-order valence-corrected chi connectivity index (χ3v) is 5.74. The second-order valence-electron chi connectivity index (χ2n) is 9.52. The van der Waals surface area contributed by atoms with Gasteiger partial charge in [0, 0.05) is 11.3 Å². The van der Waals surface area contributed by atoms with E-state index in [-0.39, 0.29) is 23.8 Å². The zero-order valence-electron chi connectivity index (χ0n) is 21.3. The molecule has 0 aliphatic carbocycles. The van der Waals surface area contributed by atoms with Crippen LogP contribution in [0.4, 0.5) is 4.79 Å². The Morgan fingerprint density at radius 1 is 1.05 bits per heavy atom. The smallest absolute Gasteiger partial charge is 0.426 e. The lowest BCUT2D eigenvalue weighted by molar-refractivity contribution is -0.154. The summed E-state index contributed by atoms with van der Waals surface area (Å²) in [5.41, 5.74) is 1.28. The van der Waals surface area contributed by atoms with Crippen LogP contribution in [0.1, 0.15) is 38.8 Å². The van der Waals surface area contributed by atoms with Crippen molar-refractivity contribution in [2.24, 2.45) is 4.99 Å². The number of allylic oxidation sites excluding steroid dienone is 1. The largest absolute Gasteiger partial charge is 0.467 e. The second kappa shape index (κ2) is 9.96. The van der Waals surface area contributed by atoms with Crippen LogP contribution in [0.15, 0.2) is 76.9 Å². The van der Waals surface area contributed by atoms with Crippen molar-refractivity contribution in [2.75, 3.05) is 7.11 Å². The van der Waals surface area contributed by atoms with Gasteiger partial charge in [0.25, 0.3) is 5.54 Å². The van der Waals surface area contributed by atoms with Crippen LogP contribution >= 0.6 is 0 Å². The summed E-state index contributed by atoms with van der Waals surface area (Å²) < 4.78 is 22.2. The molecule has 2 aliphatic heterocycles. The van der Waals surface area contributed by atoms with Crippen molar-refractivity contribution in [2.45, 2.75) is 51.7 Å². The van der Waals surface area contributed by atoms with E-state index in [2.05, 4.69) is 10.4 Å². The summed E-state index contributed by atoms with van der Waals surface area (Å²) in [5.74, 6) is -1.54. The van der Waals surface area contributed by atoms with Crippen molar-refractivity contribution in [3.63, 3.8) is 0 Å². The standard InChI is InChI=1S/C27H29N3O7/c1-17-20(22(31)35-16-18-12-8-6-9-13-18)27(24(32)34-5)23(30(17)29-25(33)37-26(2,3)4)36-21(28-27)19-14-10-7-11-15-19/h6-15,23H,16H2,1-5H3,(H,29,33). The van der Waals surface area contributed by atoms with Crippen molar-refractivity contribution in [3.05, 3.63) is 83.1 Å². The number of amides is 1. The summed E-state index contributed by atoms with van der Waals surface area (Å²) in [6.45, 7) is 6.67. The third kappa shape index (κ3) is 5.00. The Kier molecular flexibility index (Phi) is 6.93. The van der Waals surface area contributed by atoms with Crippen LogP contribution < -0.4 is 5.43 Å². The highest BCUT2D eigenvalue weighted by Gasteiger charge is 2.67. The molecule has 2 heterocycles. The number of hydrazine groups is 1. The summed E-state index contributed by atoms with van der Waals surface area (Å²) in [6, 6.07) is 18.0. The molecule has 2 aromatic rings. The molecule has 10 nitrogen and oxygen atoms in total. The van der Waals surface area contributed by atoms with E-state index in [0.717, 1.165) is 5.56 Å². The number of carbonyl (C=O) groups is 3. The lowest BCUT2D eigenvalue weighted by Crippen LogP contribution is -2.56. The average Bonchev–Trinajstić information content (AvgIpc) is 3.35. The van der Waals surface area contributed by atoms with Crippen LogP contribution in [0.2, 0.25) is 0 Å². The van der Waals surface area contributed by atoms with Gasteiger partial charge in [0.15, 0.2) is 0 Å². The molecule has 2 unspecified atom stereocenters. The number of hydrogen-bond acceptors (Lipinski definition) is 9. The van der Waals surface area contributed by atoms with E-state index in [4.69, 9.17) is 18.9 Å². The van der Waals surface area contributed by atoms with Crippen LogP contribution in [-0.4, -0.2) is 53.4 Å². The number of nitrogens with zero attached hydrogens (tertiary/aromatic N) is 2. The predicted molar refractivity (Wildman–Crippen MR) is 133 cm³/mol. The molecular formula is C27H29N3O7. The molecule has 2 atom stereocenters. The maximum absolute atomic E-state index is 13.5. The number of nitrogens with one attached hydrogen (secondary N) is 1. The highest BCUT2D eigenvalue weighted by molar-refractivity contribution is 6.08. The Morgan fingerprint density at radius 2 is 1.68 bits per heavy atom. The predicted octanol–water partition coefficient (Wildman–Crippen LogP) is 3.47. The lowest BCUT2D eigenvalue weighted by Gasteiger charge is -2.31. The number of aliphatic imine (C=N–C) groups is 1. The van der Waals surface area contributed by atoms with Crippen molar-refractivity contribution < 1.29 is 33.3 Å². The first-order chi connectivity index (χ1) is 17.6. The molecule has 0 aromatic heterocycles. The van der Waals surface area contributed by atoms with E-state index in [1.807, 2.05) is 36.4 Å². The molecule has 0 saturated heterocycles. The summed E-state index contributed by atoms with van der Waals surface area (Å²) in [7, 11) is 1.19. The Labute approximate surface area is 214 Å².